The number of rotatable bonds is 2. The second-order valence-corrected chi connectivity index (χ2v) is 4.81. The third kappa shape index (κ3) is 2.86. The molecule has 0 N–H and O–H groups in total. The van der Waals surface area contributed by atoms with E-state index in [1.807, 2.05) is 18.2 Å². The Hall–Kier alpha value is -0.890. The van der Waals surface area contributed by atoms with Gasteiger partial charge in [-0.3, -0.25) is 0 Å². The molecule has 88 valence electrons. The van der Waals surface area contributed by atoms with Crippen molar-refractivity contribution in [2.45, 2.75) is 0 Å². The molecule has 17 heavy (non-hydrogen) atoms. The zero-order valence-corrected chi connectivity index (χ0v) is 11.3. The fraction of sp³-hybridized carbons (Fsp3) is 0.0769. The number of methoxy groups -OCH3 is 1. The van der Waals surface area contributed by atoms with Crippen molar-refractivity contribution in [3.8, 4) is 16.9 Å². The molecule has 0 spiro atoms. The maximum absolute atomic E-state index is 5.98. The van der Waals surface area contributed by atoms with Crippen LogP contribution < -0.4 is 4.74 Å². The van der Waals surface area contributed by atoms with E-state index in [4.69, 9.17) is 39.5 Å². The number of hydrogen-bond donors (Lipinski definition) is 0. The molecule has 0 bridgehead atoms. The molecule has 0 heterocycles. The van der Waals surface area contributed by atoms with E-state index in [0.29, 0.717) is 20.8 Å². The lowest BCUT2D eigenvalue weighted by molar-refractivity contribution is 0.416. The van der Waals surface area contributed by atoms with E-state index >= 15 is 0 Å². The van der Waals surface area contributed by atoms with E-state index in [2.05, 4.69) is 0 Å². The van der Waals surface area contributed by atoms with E-state index in [9.17, 15) is 0 Å². The Labute approximate surface area is 115 Å². The van der Waals surface area contributed by atoms with Gasteiger partial charge in [0.2, 0.25) is 0 Å². The van der Waals surface area contributed by atoms with Crippen LogP contribution in [0, 0.1) is 0 Å². The lowest BCUT2D eigenvalue weighted by atomic mass is 10.0. The fourth-order valence-corrected chi connectivity index (χ4v) is 2.30. The first-order valence-corrected chi connectivity index (χ1v) is 6.03. The zero-order chi connectivity index (χ0) is 12.4. The summed E-state index contributed by atoms with van der Waals surface area (Å²) in [5.41, 5.74) is 1.80. The van der Waals surface area contributed by atoms with Gasteiger partial charge in [-0.15, -0.1) is 0 Å². The van der Waals surface area contributed by atoms with Gasteiger partial charge in [0.25, 0.3) is 0 Å². The van der Waals surface area contributed by atoms with Crippen molar-refractivity contribution < 1.29 is 4.74 Å². The molecule has 0 radical (unpaired) electrons. The monoisotopic (exact) mass is 286 g/mol. The van der Waals surface area contributed by atoms with Crippen molar-refractivity contribution in [2.75, 3.05) is 7.11 Å². The molecule has 0 amide bonds. The van der Waals surface area contributed by atoms with Crippen LogP contribution in [0.3, 0.4) is 0 Å². The van der Waals surface area contributed by atoms with Crippen molar-refractivity contribution >= 4 is 34.8 Å². The van der Waals surface area contributed by atoms with Crippen molar-refractivity contribution in [3.63, 3.8) is 0 Å². The molecule has 0 atom stereocenters. The largest absolute Gasteiger partial charge is 0.496 e. The van der Waals surface area contributed by atoms with Gasteiger partial charge in [-0.25, -0.2) is 0 Å². The average Bonchev–Trinajstić information content (AvgIpc) is 2.27. The minimum Gasteiger partial charge on any atom is -0.496 e. The summed E-state index contributed by atoms with van der Waals surface area (Å²) in [4.78, 5) is 0. The molecule has 0 aliphatic heterocycles. The zero-order valence-electron chi connectivity index (χ0n) is 9.01. The summed E-state index contributed by atoms with van der Waals surface area (Å²) in [6.07, 6.45) is 0. The first-order valence-electron chi connectivity index (χ1n) is 4.90. The van der Waals surface area contributed by atoms with Crippen LogP contribution in [0.2, 0.25) is 15.1 Å². The number of halogens is 3. The fourth-order valence-electron chi connectivity index (χ4n) is 1.61. The Kier molecular flexibility index (Phi) is 3.82. The Morgan fingerprint density at radius 3 is 2.06 bits per heavy atom. The third-order valence-electron chi connectivity index (χ3n) is 2.34. The van der Waals surface area contributed by atoms with Crippen LogP contribution in [0.4, 0.5) is 0 Å². The summed E-state index contributed by atoms with van der Waals surface area (Å²) in [7, 11) is 1.60. The molecule has 2 aromatic rings. The highest BCUT2D eigenvalue weighted by Crippen LogP contribution is 2.35. The van der Waals surface area contributed by atoms with Gasteiger partial charge in [0.05, 0.1) is 7.11 Å². The van der Waals surface area contributed by atoms with Crippen molar-refractivity contribution in [1.29, 1.82) is 0 Å². The summed E-state index contributed by atoms with van der Waals surface area (Å²) in [6.45, 7) is 0. The maximum Gasteiger partial charge on any atom is 0.128 e. The van der Waals surface area contributed by atoms with Gasteiger partial charge in [0, 0.05) is 20.6 Å². The van der Waals surface area contributed by atoms with E-state index in [1.54, 1.807) is 25.3 Å². The second-order valence-electron chi connectivity index (χ2n) is 3.50. The summed E-state index contributed by atoms with van der Waals surface area (Å²) in [5.74, 6) is 0.691. The molecule has 4 heteroatoms. The van der Waals surface area contributed by atoms with E-state index < -0.39 is 0 Å². The highest BCUT2D eigenvalue weighted by atomic mass is 35.5. The minimum atomic E-state index is 0.588. The first kappa shape index (κ1) is 12.6. The summed E-state index contributed by atoms with van der Waals surface area (Å²) in [5, 5.41) is 1.80. The van der Waals surface area contributed by atoms with Gasteiger partial charge in [0.15, 0.2) is 0 Å². The molecular formula is C13H9Cl3O. The molecule has 0 aromatic heterocycles. The van der Waals surface area contributed by atoms with Crippen LogP contribution in [-0.2, 0) is 0 Å². The van der Waals surface area contributed by atoms with E-state index in [1.165, 1.54) is 0 Å². The van der Waals surface area contributed by atoms with Crippen LogP contribution >= 0.6 is 34.8 Å². The van der Waals surface area contributed by atoms with Gasteiger partial charge >= 0.3 is 0 Å². The van der Waals surface area contributed by atoms with Gasteiger partial charge in [-0.2, -0.15) is 0 Å². The van der Waals surface area contributed by atoms with Crippen LogP contribution in [0.25, 0.3) is 11.1 Å². The van der Waals surface area contributed by atoms with Crippen molar-refractivity contribution in [3.05, 3.63) is 51.5 Å². The Morgan fingerprint density at radius 1 is 0.824 bits per heavy atom. The standard InChI is InChI=1S/C13H9Cl3O/c1-17-13-7-9(14)2-3-12(13)8-4-10(15)6-11(16)5-8/h2-7H,1H3. The Balaban J connectivity index is 2.59. The highest BCUT2D eigenvalue weighted by Gasteiger charge is 2.08. The molecule has 2 rings (SSSR count). The van der Waals surface area contributed by atoms with Crippen molar-refractivity contribution in [2.24, 2.45) is 0 Å². The molecule has 0 aliphatic carbocycles. The minimum absolute atomic E-state index is 0.588. The van der Waals surface area contributed by atoms with Crippen LogP contribution in [-0.4, -0.2) is 7.11 Å². The van der Waals surface area contributed by atoms with Crippen LogP contribution in [0.15, 0.2) is 36.4 Å². The molecule has 2 aromatic carbocycles. The summed E-state index contributed by atoms with van der Waals surface area (Å²) >= 11 is 17.9. The lowest BCUT2D eigenvalue weighted by Gasteiger charge is -2.09. The van der Waals surface area contributed by atoms with E-state index in [-0.39, 0.29) is 0 Å². The van der Waals surface area contributed by atoms with Gasteiger partial charge in [0.1, 0.15) is 5.75 Å². The summed E-state index contributed by atoms with van der Waals surface area (Å²) in [6, 6.07) is 10.8. The second kappa shape index (κ2) is 5.18. The predicted molar refractivity (Wildman–Crippen MR) is 73.5 cm³/mol. The molecule has 0 saturated heterocycles. The van der Waals surface area contributed by atoms with Gasteiger partial charge in [-0.05, 0) is 42.0 Å². The topological polar surface area (TPSA) is 9.23 Å². The highest BCUT2D eigenvalue weighted by molar-refractivity contribution is 6.35. The number of hydrogen-bond acceptors (Lipinski definition) is 1. The Morgan fingerprint density at radius 2 is 1.47 bits per heavy atom. The average molecular weight is 288 g/mol. The van der Waals surface area contributed by atoms with Crippen molar-refractivity contribution in [1.82, 2.24) is 0 Å². The molecule has 0 saturated carbocycles. The van der Waals surface area contributed by atoms with E-state index in [0.717, 1.165) is 11.1 Å². The molecule has 0 fully saturated rings. The maximum atomic E-state index is 5.98. The SMILES string of the molecule is COc1cc(Cl)ccc1-c1cc(Cl)cc(Cl)c1. The lowest BCUT2D eigenvalue weighted by Crippen LogP contribution is -1.88. The van der Waals surface area contributed by atoms with Gasteiger partial charge < -0.3 is 4.74 Å². The summed E-state index contributed by atoms with van der Waals surface area (Å²) < 4.78 is 5.29. The third-order valence-corrected chi connectivity index (χ3v) is 3.01. The first-order chi connectivity index (χ1) is 8.10. The number of ether oxygens (including phenoxy) is 1. The van der Waals surface area contributed by atoms with Gasteiger partial charge in [-0.1, -0.05) is 34.8 Å². The molecule has 0 unspecified atom stereocenters. The Bertz CT molecular complexity index is 532. The molecular weight excluding hydrogens is 279 g/mol. The van der Waals surface area contributed by atoms with Crippen LogP contribution in [0.5, 0.6) is 5.75 Å². The molecule has 1 nitrogen and oxygen atoms in total. The smallest absolute Gasteiger partial charge is 0.128 e. The molecule has 0 aliphatic rings. The normalized spacial score (nSPS) is 10.4. The number of benzene rings is 2. The predicted octanol–water partition coefficient (Wildman–Crippen LogP) is 5.32. The quantitative estimate of drug-likeness (QED) is 0.726. The van der Waals surface area contributed by atoms with Crippen LogP contribution in [0.1, 0.15) is 0 Å².